The van der Waals surface area contributed by atoms with Crippen LogP contribution in [0.5, 0.6) is 0 Å². The molecule has 0 N–H and O–H groups in total. The van der Waals surface area contributed by atoms with Gasteiger partial charge in [0.15, 0.2) is 11.5 Å². The van der Waals surface area contributed by atoms with Crippen LogP contribution in [0.4, 0.5) is 4.39 Å². The van der Waals surface area contributed by atoms with Crippen LogP contribution in [0.15, 0.2) is 46.3 Å². The highest BCUT2D eigenvalue weighted by Crippen LogP contribution is 2.28. The number of nitrogens with zero attached hydrogens (tertiary/aromatic N) is 6. The van der Waals surface area contributed by atoms with Crippen molar-refractivity contribution >= 4 is 22.8 Å². The molecule has 4 aromatic rings. The highest BCUT2D eigenvalue weighted by Gasteiger charge is 2.13. The lowest BCUT2D eigenvalue weighted by Gasteiger charge is -2.03. The summed E-state index contributed by atoms with van der Waals surface area (Å²) in [6.45, 7) is 2.13. The van der Waals surface area contributed by atoms with E-state index in [4.69, 9.17) is 4.52 Å². The van der Waals surface area contributed by atoms with E-state index >= 15 is 0 Å². The largest absolute Gasteiger partial charge is 0.338 e. The van der Waals surface area contributed by atoms with Crippen molar-refractivity contribution in [3.63, 3.8) is 0 Å². The van der Waals surface area contributed by atoms with Gasteiger partial charge in [0.2, 0.25) is 5.89 Å². The molecule has 0 aliphatic rings. The molecule has 0 saturated carbocycles. The van der Waals surface area contributed by atoms with E-state index in [0.717, 1.165) is 41.2 Å². The number of aryl methyl sites for hydroxylation is 1. The predicted octanol–water partition coefficient (Wildman–Crippen LogP) is 3.97. The van der Waals surface area contributed by atoms with Crippen molar-refractivity contribution in [3.8, 4) is 5.69 Å². The molecule has 0 spiro atoms. The number of aromatic nitrogens is 6. The monoisotopic (exact) mass is 384 g/mol. The summed E-state index contributed by atoms with van der Waals surface area (Å²) < 4.78 is 20.1. The van der Waals surface area contributed by atoms with Crippen LogP contribution < -0.4 is 0 Å². The van der Waals surface area contributed by atoms with Crippen molar-refractivity contribution in [2.45, 2.75) is 37.0 Å². The number of rotatable bonds is 7. The van der Waals surface area contributed by atoms with Gasteiger partial charge < -0.3 is 4.52 Å². The summed E-state index contributed by atoms with van der Waals surface area (Å²) in [6, 6.07) is 6.11. The van der Waals surface area contributed by atoms with Gasteiger partial charge in [-0.25, -0.2) is 19.0 Å². The Balaban J connectivity index is 1.54. The standard InChI is InChI=1S/C18H17FN6OS/c1-2-3-4-15-23-16(26-24-15)10-27-18-14-9-22-25(17(14)20-11-21-18)13-7-5-12(19)6-8-13/h5-9,11H,2-4,10H2,1H3. The first-order chi connectivity index (χ1) is 13.2. The van der Waals surface area contributed by atoms with Gasteiger partial charge in [-0.3, -0.25) is 0 Å². The SMILES string of the molecule is CCCCc1noc(CSc2ncnc3c2cnn3-c2ccc(F)cc2)n1. The molecule has 0 atom stereocenters. The van der Waals surface area contributed by atoms with Gasteiger partial charge in [0.25, 0.3) is 0 Å². The van der Waals surface area contributed by atoms with Gasteiger partial charge >= 0.3 is 0 Å². The second kappa shape index (κ2) is 7.83. The van der Waals surface area contributed by atoms with Crippen molar-refractivity contribution in [1.82, 2.24) is 29.9 Å². The van der Waals surface area contributed by atoms with E-state index in [1.54, 1.807) is 23.0 Å². The summed E-state index contributed by atoms with van der Waals surface area (Å²) in [7, 11) is 0. The second-order valence-electron chi connectivity index (χ2n) is 5.95. The molecule has 3 aromatic heterocycles. The lowest BCUT2D eigenvalue weighted by atomic mass is 10.2. The van der Waals surface area contributed by atoms with Crippen molar-refractivity contribution < 1.29 is 8.91 Å². The smallest absolute Gasteiger partial charge is 0.237 e. The van der Waals surface area contributed by atoms with E-state index in [9.17, 15) is 4.39 Å². The third kappa shape index (κ3) is 3.82. The Morgan fingerprint density at radius 3 is 2.85 bits per heavy atom. The van der Waals surface area contributed by atoms with Crippen LogP contribution in [-0.2, 0) is 12.2 Å². The molecular weight excluding hydrogens is 367 g/mol. The zero-order valence-electron chi connectivity index (χ0n) is 14.7. The van der Waals surface area contributed by atoms with E-state index < -0.39 is 0 Å². The third-order valence-electron chi connectivity index (χ3n) is 4.00. The molecular formula is C18H17FN6OS. The van der Waals surface area contributed by atoms with Gasteiger partial charge in [-0.15, -0.1) is 0 Å². The number of halogens is 1. The van der Waals surface area contributed by atoms with Crippen molar-refractivity contribution in [2.75, 3.05) is 0 Å². The first-order valence-electron chi connectivity index (χ1n) is 8.63. The number of fused-ring (bicyclic) bond motifs is 1. The van der Waals surface area contributed by atoms with Gasteiger partial charge in [-0.2, -0.15) is 10.1 Å². The lowest BCUT2D eigenvalue weighted by Crippen LogP contribution is -1.98. The summed E-state index contributed by atoms with van der Waals surface area (Å²) >= 11 is 1.49. The average Bonchev–Trinajstić information content (AvgIpc) is 3.32. The maximum Gasteiger partial charge on any atom is 0.237 e. The molecule has 138 valence electrons. The molecule has 0 aliphatic heterocycles. The first kappa shape index (κ1) is 17.6. The summed E-state index contributed by atoms with van der Waals surface area (Å²) in [5.41, 5.74) is 1.40. The van der Waals surface area contributed by atoms with Crippen molar-refractivity contribution in [1.29, 1.82) is 0 Å². The Labute approximate surface area is 159 Å². The zero-order valence-corrected chi connectivity index (χ0v) is 15.5. The summed E-state index contributed by atoms with van der Waals surface area (Å²) in [5.74, 6) is 1.54. The number of thioether (sulfide) groups is 1. The molecule has 3 heterocycles. The normalized spacial score (nSPS) is 11.3. The van der Waals surface area contributed by atoms with E-state index in [1.165, 1.54) is 30.2 Å². The molecule has 27 heavy (non-hydrogen) atoms. The zero-order chi connectivity index (χ0) is 18.6. The fourth-order valence-electron chi connectivity index (χ4n) is 2.62. The van der Waals surface area contributed by atoms with Gasteiger partial charge in [-0.05, 0) is 30.7 Å². The molecule has 4 rings (SSSR count). The Morgan fingerprint density at radius 2 is 2.04 bits per heavy atom. The van der Waals surface area contributed by atoms with Crippen LogP contribution in [0, 0.1) is 5.82 Å². The number of hydrogen-bond donors (Lipinski definition) is 0. The van der Waals surface area contributed by atoms with Crippen LogP contribution in [0.1, 0.15) is 31.5 Å². The highest BCUT2D eigenvalue weighted by atomic mass is 32.2. The third-order valence-corrected chi connectivity index (χ3v) is 4.99. The highest BCUT2D eigenvalue weighted by molar-refractivity contribution is 7.98. The molecule has 0 unspecified atom stereocenters. The topological polar surface area (TPSA) is 82.5 Å². The van der Waals surface area contributed by atoms with Crippen molar-refractivity contribution in [2.24, 2.45) is 0 Å². The van der Waals surface area contributed by atoms with E-state index in [2.05, 4.69) is 32.1 Å². The van der Waals surface area contributed by atoms with E-state index in [-0.39, 0.29) is 5.82 Å². The first-order valence-corrected chi connectivity index (χ1v) is 9.62. The predicted molar refractivity (Wildman–Crippen MR) is 99.1 cm³/mol. The summed E-state index contributed by atoms with van der Waals surface area (Å²) in [4.78, 5) is 13.1. The number of hydrogen-bond acceptors (Lipinski definition) is 7. The summed E-state index contributed by atoms with van der Waals surface area (Å²) in [5, 5.41) is 9.97. The fourth-order valence-corrected chi connectivity index (χ4v) is 3.42. The number of benzene rings is 1. The molecule has 9 heteroatoms. The Hall–Kier alpha value is -2.81. The maximum absolute atomic E-state index is 13.2. The molecule has 7 nitrogen and oxygen atoms in total. The minimum Gasteiger partial charge on any atom is -0.338 e. The van der Waals surface area contributed by atoms with Crippen LogP contribution in [-0.4, -0.2) is 29.9 Å². The van der Waals surface area contributed by atoms with Crippen LogP contribution in [0.25, 0.3) is 16.7 Å². The van der Waals surface area contributed by atoms with Gasteiger partial charge in [0, 0.05) is 6.42 Å². The quantitative estimate of drug-likeness (QED) is 0.352. The molecule has 0 radical (unpaired) electrons. The Bertz CT molecular complexity index is 1050. The molecule has 1 aromatic carbocycles. The molecule has 0 bridgehead atoms. The maximum atomic E-state index is 13.2. The Morgan fingerprint density at radius 1 is 1.19 bits per heavy atom. The minimum atomic E-state index is -0.293. The Kier molecular flexibility index (Phi) is 5.10. The van der Waals surface area contributed by atoms with Gasteiger partial charge in [-0.1, -0.05) is 30.3 Å². The van der Waals surface area contributed by atoms with Gasteiger partial charge in [0.05, 0.1) is 23.0 Å². The molecule has 0 amide bonds. The minimum absolute atomic E-state index is 0.293. The molecule has 0 fully saturated rings. The van der Waals surface area contributed by atoms with Crippen LogP contribution in [0.3, 0.4) is 0 Å². The summed E-state index contributed by atoms with van der Waals surface area (Å²) in [6.07, 6.45) is 6.16. The fraction of sp³-hybridized carbons (Fsp3) is 0.278. The van der Waals surface area contributed by atoms with Crippen LogP contribution in [0.2, 0.25) is 0 Å². The molecule has 0 saturated heterocycles. The second-order valence-corrected chi connectivity index (χ2v) is 6.91. The lowest BCUT2D eigenvalue weighted by molar-refractivity contribution is 0.384. The number of unbranched alkanes of at least 4 members (excludes halogenated alkanes) is 1. The van der Waals surface area contributed by atoms with Crippen LogP contribution >= 0.6 is 11.8 Å². The molecule has 0 aliphatic carbocycles. The average molecular weight is 384 g/mol. The van der Waals surface area contributed by atoms with Crippen molar-refractivity contribution in [3.05, 3.63) is 54.3 Å². The van der Waals surface area contributed by atoms with Gasteiger partial charge in [0.1, 0.15) is 17.2 Å². The van der Waals surface area contributed by atoms with E-state index in [1.807, 2.05) is 0 Å². The van der Waals surface area contributed by atoms with E-state index in [0.29, 0.717) is 17.3 Å².